The highest BCUT2D eigenvalue weighted by molar-refractivity contribution is 6.26. The van der Waals surface area contributed by atoms with E-state index in [0.717, 1.165) is 0 Å². The Labute approximate surface area is 65.9 Å². The highest BCUT2D eigenvalue weighted by Gasteiger charge is 2.08. The Morgan fingerprint density at radius 3 is 2.30 bits per heavy atom. The van der Waals surface area contributed by atoms with Gasteiger partial charge in [-0.15, -0.1) is 0 Å². The predicted octanol–water partition coefficient (Wildman–Crippen LogP) is 1.30. The molecular weight excluding hydrogens is 144 g/mol. The summed E-state index contributed by atoms with van der Waals surface area (Å²) >= 11 is 0. The van der Waals surface area contributed by atoms with Gasteiger partial charge in [-0.25, -0.2) is 0 Å². The third kappa shape index (κ3) is 8.14. The molecule has 0 rings (SSSR count). The molecule has 0 saturated heterocycles. The number of hydrogen-bond donors (Lipinski definition) is 0. The van der Waals surface area contributed by atoms with Gasteiger partial charge in [0.05, 0.1) is 5.60 Å². The average Bonchev–Trinajstić information content (AvgIpc) is 1.78. The van der Waals surface area contributed by atoms with Gasteiger partial charge in [-0.05, 0) is 26.8 Å². The average molecular weight is 162 g/mol. The maximum atomic E-state index is 5.34. The van der Waals surface area contributed by atoms with Gasteiger partial charge in [-0.2, -0.15) is 0 Å². The molecular formula is C7H18O2Si. The van der Waals surface area contributed by atoms with E-state index in [0.29, 0.717) is 6.79 Å². The molecule has 62 valence electrons. The second-order valence-corrected chi connectivity index (χ2v) is 5.10. The fraction of sp³-hybridized carbons (Fsp3) is 1.00. The van der Waals surface area contributed by atoms with E-state index >= 15 is 0 Å². The van der Waals surface area contributed by atoms with Crippen LogP contribution in [0, 0.1) is 0 Å². The van der Waals surface area contributed by atoms with Crippen molar-refractivity contribution < 1.29 is 9.16 Å². The molecule has 0 spiro atoms. The molecule has 0 aromatic rings. The van der Waals surface area contributed by atoms with Crippen LogP contribution in [0.2, 0.25) is 6.04 Å². The van der Waals surface area contributed by atoms with Crippen LogP contribution in [0.1, 0.15) is 27.7 Å². The Hall–Kier alpha value is 0.137. The third-order valence-corrected chi connectivity index (χ3v) is 1.79. The van der Waals surface area contributed by atoms with Gasteiger partial charge in [0.2, 0.25) is 0 Å². The molecule has 10 heavy (non-hydrogen) atoms. The van der Waals surface area contributed by atoms with E-state index in [4.69, 9.17) is 9.16 Å². The molecule has 0 amide bonds. The lowest BCUT2D eigenvalue weighted by atomic mass is 10.2. The monoisotopic (exact) mass is 162 g/mol. The molecule has 0 aliphatic carbocycles. The highest BCUT2D eigenvalue weighted by atomic mass is 28.2. The van der Waals surface area contributed by atoms with Gasteiger partial charge in [0.25, 0.3) is 0 Å². The minimum atomic E-state index is -0.272. The summed E-state index contributed by atoms with van der Waals surface area (Å²) in [6, 6.07) is 1.19. The number of ether oxygens (including phenoxy) is 1. The van der Waals surface area contributed by atoms with Gasteiger partial charge in [-0.1, -0.05) is 6.92 Å². The Bertz CT molecular complexity index is 78.2. The molecule has 2 nitrogen and oxygen atoms in total. The van der Waals surface area contributed by atoms with E-state index in [9.17, 15) is 0 Å². The first-order valence-electron chi connectivity index (χ1n) is 3.78. The predicted molar refractivity (Wildman–Crippen MR) is 45.8 cm³/mol. The van der Waals surface area contributed by atoms with Crippen LogP contribution >= 0.6 is 0 Å². The zero-order valence-corrected chi connectivity index (χ0v) is 8.85. The van der Waals surface area contributed by atoms with Crippen molar-refractivity contribution >= 4 is 9.76 Å². The lowest BCUT2D eigenvalue weighted by Crippen LogP contribution is -2.21. The van der Waals surface area contributed by atoms with Gasteiger partial charge in [0.15, 0.2) is 9.76 Å². The van der Waals surface area contributed by atoms with E-state index in [1.807, 2.05) is 20.8 Å². The fourth-order valence-electron chi connectivity index (χ4n) is 0.422. The van der Waals surface area contributed by atoms with Crippen molar-refractivity contribution in [3.63, 3.8) is 0 Å². The fourth-order valence-corrected chi connectivity index (χ4v) is 0.912. The van der Waals surface area contributed by atoms with Crippen LogP contribution in [-0.2, 0) is 9.16 Å². The van der Waals surface area contributed by atoms with Crippen molar-refractivity contribution in [2.24, 2.45) is 0 Å². The molecule has 0 saturated carbocycles. The van der Waals surface area contributed by atoms with E-state index in [-0.39, 0.29) is 15.4 Å². The summed E-state index contributed by atoms with van der Waals surface area (Å²) in [5.74, 6) is 0. The molecule has 0 fully saturated rings. The SMILES string of the molecule is CC[SiH2]OCOC(C)(C)C. The van der Waals surface area contributed by atoms with Gasteiger partial charge in [0, 0.05) is 0 Å². The molecule has 3 heteroatoms. The van der Waals surface area contributed by atoms with E-state index < -0.39 is 0 Å². The van der Waals surface area contributed by atoms with Crippen LogP contribution in [0.4, 0.5) is 0 Å². The Balaban J connectivity index is 3.04. The van der Waals surface area contributed by atoms with Crippen LogP contribution in [0.5, 0.6) is 0 Å². The summed E-state index contributed by atoms with van der Waals surface area (Å²) < 4.78 is 10.6. The Kier molecular flexibility index (Phi) is 4.94. The summed E-state index contributed by atoms with van der Waals surface area (Å²) in [6.07, 6.45) is 0. The molecule has 0 atom stereocenters. The quantitative estimate of drug-likeness (QED) is 0.352. The Morgan fingerprint density at radius 2 is 1.90 bits per heavy atom. The van der Waals surface area contributed by atoms with Crippen LogP contribution in [0.3, 0.4) is 0 Å². The van der Waals surface area contributed by atoms with Crippen LogP contribution in [-0.4, -0.2) is 22.2 Å². The second-order valence-electron chi connectivity index (χ2n) is 3.28. The standard InChI is InChI=1S/C7H18O2Si/c1-5-10-9-6-8-7(2,3)4/h5-6,10H2,1-4H3. The van der Waals surface area contributed by atoms with E-state index in [1.165, 1.54) is 6.04 Å². The summed E-state index contributed by atoms with van der Waals surface area (Å²) in [5.41, 5.74) is -0.0534. The van der Waals surface area contributed by atoms with Gasteiger partial charge in [-0.3, -0.25) is 0 Å². The second kappa shape index (κ2) is 4.88. The normalized spacial score (nSPS) is 13.2. The summed E-state index contributed by atoms with van der Waals surface area (Å²) in [7, 11) is -0.272. The van der Waals surface area contributed by atoms with E-state index in [1.54, 1.807) is 0 Å². The topological polar surface area (TPSA) is 18.5 Å². The largest absolute Gasteiger partial charge is 0.402 e. The smallest absolute Gasteiger partial charge is 0.164 e. The summed E-state index contributed by atoms with van der Waals surface area (Å²) in [4.78, 5) is 0. The van der Waals surface area contributed by atoms with Crippen molar-refractivity contribution in [1.82, 2.24) is 0 Å². The maximum absolute atomic E-state index is 5.34. The van der Waals surface area contributed by atoms with Crippen LogP contribution < -0.4 is 0 Å². The zero-order valence-electron chi connectivity index (χ0n) is 7.44. The molecule has 0 aliphatic heterocycles. The molecule has 0 unspecified atom stereocenters. The molecule has 0 N–H and O–H groups in total. The number of rotatable bonds is 4. The molecule has 0 radical (unpaired) electrons. The van der Waals surface area contributed by atoms with Crippen molar-refractivity contribution in [1.29, 1.82) is 0 Å². The van der Waals surface area contributed by atoms with Gasteiger partial charge < -0.3 is 9.16 Å². The molecule has 0 aliphatic rings. The first-order chi connectivity index (χ1) is 4.56. The maximum Gasteiger partial charge on any atom is 0.164 e. The minimum absolute atomic E-state index is 0.0534. The zero-order chi connectivity index (χ0) is 8.04. The van der Waals surface area contributed by atoms with Crippen molar-refractivity contribution in [3.05, 3.63) is 0 Å². The van der Waals surface area contributed by atoms with Gasteiger partial charge in [0.1, 0.15) is 6.79 Å². The molecule has 0 bridgehead atoms. The molecule has 0 aromatic heterocycles. The highest BCUT2D eigenvalue weighted by Crippen LogP contribution is 2.05. The molecule has 0 heterocycles. The lowest BCUT2D eigenvalue weighted by molar-refractivity contribution is -0.0754. The van der Waals surface area contributed by atoms with Crippen molar-refractivity contribution in [2.45, 2.75) is 39.3 Å². The van der Waals surface area contributed by atoms with Crippen LogP contribution in [0.15, 0.2) is 0 Å². The number of hydrogen-bond acceptors (Lipinski definition) is 2. The van der Waals surface area contributed by atoms with Gasteiger partial charge >= 0.3 is 0 Å². The third-order valence-electron chi connectivity index (χ3n) is 0.924. The minimum Gasteiger partial charge on any atom is -0.402 e. The van der Waals surface area contributed by atoms with Crippen molar-refractivity contribution in [3.8, 4) is 0 Å². The van der Waals surface area contributed by atoms with E-state index in [2.05, 4.69) is 6.92 Å². The first kappa shape index (κ1) is 10.1. The lowest BCUT2D eigenvalue weighted by Gasteiger charge is -2.19. The summed E-state index contributed by atoms with van der Waals surface area (Å²) in [6.45, 7) is 8.71. The van der Waals surface area contributed by atoms with Crippen molar-refractivity contribution in [2.75, 3.05) is 6.79 Å². The Morgan fingerprint density at radius 1 is 1.30 bits per heavy atom. The molecule has 0 aromatic carbocycles. The first-order valence-corrected chi connectivity index (χ1v) is 5.35. The summed E-state index contributed by atoms with van der Waals surface area (Å²) in [5, 5.41) is 0. The van der Waals surface area contributed by atoms with Crippen LogP contribution in [0.25, 0.3) is 0 Å².